The van der Waals surface area contributed by atoms with Crippen LogP contribution in [-0.2, 0) is 9.05 Å². The summed E-state index contributed by atoms with van der Waals surface area (Å²) in [5, 5.41) is 10.6. The predicted octanol–water partition coefficient (Wildman–Crippen LogP) is 1.40. The number of rotatable bonds is 2. The number of H-pyrrole nitrogens is 1. The molecule has 2 rings (SSSR count). The van der Waals surface area contributed by atoms with Crippen molar-refractivity contribution in [3.63, 3.8) is 0 Å². The Labute approximate surface area is 93.6 Å². The fourth-order valence-corrected chi connectivity index (χ4v) is 2.30. The molecule has 0 radical (unpaired) electrons. The molecule has 0 amide bonds. The van der Waals surface area contributed by atoms with Gasteiger partial charge in [0.25, 0.3) is 14.7 Å². The van der Waals surface area contributed by atoms with E-state index in [1.807, 2.05) is 0 Å². The molecule has 0 saturated heterocycles. The minimum absolute atomic E-state index is 0.0839. The Bertz CT molecular complexity index is 678. The van der Waals surface area contributed by atoms with Crippen LogP contribution in [0.15, 0.2) is 23.4 Å². The monoisotopic (exact) mass is 261 g/mol. The van der Waals surface area contributed by atoms with Gasteiger partial charge in [0.05, 0.1) is 16.8 Å². The Hall–Kier alpha value is -1.67. The summed E-state index contributed by atoms with van der Waals surface area (Å²) in [5.74, 6) is 0. The quantitative estimate of drug-likeness (QED) is 0.499. The number of benzene rings is 1. The van der Waals surface area contributed by atoms with E-state index >= 15 is 0 Å². The Morgan fingerprint density at radius 1 is 1.44 bits per heavy atom. The molecular formula is C7H4ClN3O4S. The molecule has 7 nitrogen and oxygen atoms in total. The van der Waals surface area contributed by atoms with Gasteiger partial charge in [-0.15, -0.1) is 0 Å². The van der Waals surface area contributed by atoms with Crippen LogP contribution in [-0.4, -0.2) is 23.3 Å². The summed E-state index contributed by atoms with van der Waals surface area (Å²) in [6.45, 7) is 0. The number of non-ortho nitro benzene ring substituents is 1. The smallest absolute Gasteiger partial charge is 0.273 e. The van der Waals surface area contributed by atoms with Gasteiger partial charge in [-0.05, 0) is 0 Å². The van der Waals surface area contributed by atoms with Crippen LogP contribution in [0.2, 0.25) is 0 Å². The maximum Gasteiger partial charge on any atom is 0.273 e. The van der Waals surface area contributed by atoms with Gasteiger partial charge in [-0.3, -0.25) is 10.1 Å². The molecule has 0 bridgehead atoms. The minimum atomic E-state index is -4.07. The number of nitro groups is 1. The van der Waals surface area contributed by atoms with Crippen molar-refractivity contribution in [1.29, 1.82) is 0 Å². The number of aromatic amines is 1. The molecule has 0 fully saturated rings. The lowest BCUT2D eigenvalue weighted by Gasteiger charge is -1.98. The molecule has 0 saturated carbocycles. The van der Waals surface area contributed by atoms with E-state index in [1.54, 1.807) is 0 Å². The fraction of sp³-hybridized carbons (Fsp3) is 0. The molecule has 2 aromatic rings. The minimum Gasteiger partial charge on any atom is -0.344 e. The Kier molecular flexibility index (Phi) is 2.32. The highest BCUT2D eigenvalue weighted by atomic mass is 35.7. The van der Waals surface area contributed by atoms with Crippen molar-refractivity contribution >= 4 is 36.5 Å². The van der Waals surface area contributed by atoms with Crippen LogP contribution >= 0.6 is 10.7 Å². The molecule has 0 atom stereocenters. The third kappa shape index (κ3) is 1.72. The van der Waals surface area contributed by atoms with Crippen molar-refractivity contribution in [2.24, 2.45) is 0 Å². The standard InChI is InChI=1S/C7H4ClN3O4S/c8-16(14,15)6-2-4(11(12)13)1-5-7(6)10-3-9-5/h1-3H,(H,9,10). The van der Waals surface area contributed by atoms with Crippen LogP contribution in [0.25, 0.3) is 11.0 Å². The molecule has 0 aliphatic heterocycles. The number of fused-ring (bicyclic) bond motifs is 1. The van der Waals surface area contributed by atoms with Crippen LogP contribution in [0.5, 0.6) is 0 Å². The number of hydrogen-bond donors (Lipinski definition) is 1. The molecule has 0 spiro atoms. The van der Waals surface area contributed by atoms with E-state index in [2.05, 4.69) is 9.97 Å². The van der Waals surface area contributed by atoms with E-state index in [0.29, 0.717) is 0 Å². The molecular weight excluding hydrogens is 258 g/mol. The molecule has 1 heterocycles. The van der Waals surface area contributed by atoms with Crippen LogP contribution in [0, 0.1) is 10.1 Å². The van der Waals surface area contributed by atoms with Gasteiger partial charge in [-0.1, -0.05) is 0 Å². The molecule has 84 valence electrons. The van der Waals surface area contributed by atoms with Gasteiger partial charge in [0.1, 0.15) is 10.4 Å². The second-order valence-electron chi connectivity index (χ2n) is 2.94. The normalized spacial score (nSPS) is 11.8. The van der Waals surface area contributed by atoms with E-state index in [9.17, 15) is 18.5 Å². The van der Waals surface area contributed by atoms with Crippen LogP contribution in [0.1, 0.15) is 0 Å². The van der Waals surface area contributed by atoms with Crippen LogP contribution < -0.4 is 0 Å². The largest absolute Gasteiger partial charge is 0.344 e. The van der Waals surface area contributed by atoms with Crippen molar-refractivity contribution in [1.82, 2.24) is 9.97 Å². The van der Waals surface area contributed by atoms with E-state index in [4.69, 9.17) is 10.7 Å². The number of imidazole rings is 1. The summed E-state index contributed by atoms with van der Waals surface area (Å²) in [6, 6.07) is 2.07. The Morgan fingerprint density at radius 3 is 2.69 bits per heavy atom. The number of aromatic nitrogens is 2. The van der Waals surface area contributed by atoms with Crippen LogP contribution in [0.4, 0.5) is 5.69 Å². The first-order valence-electron chi connectivity index (χ1n) is 3.96. The average Bonchev–Trinajstić information content (AvgIpc) is 2.61. The summed E-state index contributed by atoms with van der Waals surface area (Å²) >= 11 is 0. The first-order valence-corrected chi connectivity index (χ1v) is 6.27. The number of nitrogens with one attached hydrogen (secondary N) is 1. The SMILES string of the molecule is O=[N+]([O-])c1cc(S(=O)(=O)Cl)c2nc[nH]c2c1. The van der Waals surface area contributed by atoms with Crippen molar-refractivity contribution in [2.45, 2.75) is 4.90 Å². The highest BCUT2D eigenvalue weighted by Crippen LogP contribution is 2.28. The molecule has 0 unspecified atom stereocenters. The summed E-state index contributed by atoms with van der Waals surface area (Å²) < 4.78 is 22.4. The van der Waals surface area contributed by atoms with Gasteiger partial charge in [0.15, 0.2) is 0 Å². The summed E-state index contributed by atoms with van der Waals surface area (Å²) in [7, 11) is 1.10. The second kappa shape index (κ2) is 3.42. The highest BCUT2D eigenvalue weighted by Gasteiger charge is 2.21. The second-order valence-corrected chi connectivity index (χ2v) is 5.47. The number of nitrogens with zero attached hydrogens (tertiary/aromatic N) is 2. The zero-order chi connectivity index (χ0) is 11.9. The van der Waals surface area contributed by atoms with Gasteiger partial charge < -0.3 is 4.98 Å². The maximum absolute atomic E-state index is 11.2. The van der Waals surface area contributed by atoms with E-state index in [1.165, 1.54) is 12.4 Å². The average molecular weight is 262 g/mol. The highest BCUT2D eigenvalue weighted by molar-refractivity contribution is 8.14. The lowest BCUT2D eigenvalue weighted by Crippen LogP contribution is -1.96. The molecule has 1 N–H and O–H groups in total. The van der Waals surface area contributed by atoms with Gasteiger partial charge >= 0.3 is 0 Å². The zero-order valence-corrected chi connectivity index (χ0v) is 9.12. The van der Waals surface area contributed by atoms with E-state index in [-0.39, 0.29) is 21.6 Å². The number of halogens is 1. The first-order chi connectivity index (χ1) is 7.39. The van der Waals surface area contributed by atoms with Crippen LogP contribution in [0.3, 0.4) is 0 Å². The lowest BCUT2D eigenvalue weighted by molar-refractivity contribution is -0.384. The third-order valence-electron chi connectivity index (χ3n) is 1.95. The fourth-order valence-electron chi connectivity index (χ4n) is 1.29. The Morgan fingerprint density at radius 2 is 2.12 bits per heavy atom. The van der Waals surface area contributed by atoms with Gasteiger partial charge in [0.2, 0.25) is 0 Å². The molecule has 0 aliphatic rings. The molecule has 9 heteroatoms. The van der Waals surface area contributed by atoms with E-state index in [0.717, 1.165) is 6.07 Å². The molecule has 0 aliphatic carbocycles. The Balaban J connectivity index is 2.89. The van der Waals surface area contributed by atoms with Crippen molar-refractivity contribution in [3.8, 4) is 0 Å². The zero-order valence-electron chi connectivity index (χ0n) is 7.55. The van der Waals surface area contributed by atoms with Gasteiger partial charge in [-0.2, -0.15) is 0 Å². The van der Waals surface area contributed by atoms with Crippen molar-refractivity contribution < 1.29 is 13.3 Å². The van der Waals surface area contributed by atoms with Gasteiger partial charge in [-0.25, -0.2) is 13.4 Å². The number of nitro benzene ring substituents is 1. The third-order valence-corrected chi connectivity index (χ3v) is 3.28. The topological polar surface area (TPSA) is 106 Å². The number of hydrogen-bond acceptors (Lipinski definition) is 5. The lowest BCUT2D eigenvalue weighted by atomic mass is 10.3. The van der Waals surface area contributed by atoms with E-state index < -0.39 is 14.0 Å². The molecule has 16 heavy (non-hydrogen) atoms. The summed E-state index contributed by atoms with van der Waals surface area (Å²) in [5.41, 5.74) is -0.0370. The maximum atomic E-state index is 11.2. The van der Waals surface area contributed by atoms with Crippen molar-refractivity contribution in [3.05, 3.63) is 28.6 Å². The molecule has 1 aromatic carbocycles. The summed E-state index contributed by atoms with van der Waals surface area (Å²) in [4.78, 5) is 15.8. The first kappa shape index (κ1) is 10.8. The van der Waals surface area contributed by atoms with Gasteiger partial charge in [0, 0.05) is 22.8 Å². The predicted molar refractivity (Wildman–Crippen MR) is 55.8 cm³/mol. The summed E-state index contributed by atoms with van der Waals surface area (Å²) in [6.07, 6.45) is 1.24. The molecule has 1 aromatic heterocycles. The van der Waals surface area contributed by atoms with Crippen molar-refractivity contribution in [2.75, 3.05) is 0 Å².